The summed E-state index contributed by atoms with van der Waals surface area (Å²) < 4.78 is 11.8. The molecule has 0 spiro atoms. The molecule has 39 heavy (non-hydrogen) atoms. The maximum atomic E-state index is 12.4. The molecule has 8 heteroatoms. The Morgan fingerprint density at radius 1 is 0.564 bits per heavy atom. The number of amides is 2. The summed E-state index contributed by atoms with van der Waals surface area (Å²) in [5, 5.41) is 10.1. The van der Waals surface area contributed by atoms with Gasteiger partial charge in [0, 0.05) is 45.1 Å². The lowest BCUT2D eigenvalue weighted by Gasteiger charge is -2.06. The summed E-state index contributed by atoms with van der Waals surface area (Å²) in [4.78, 5) is 24.8. The van der Waals surface area contributed by atoms with Crippen molar-refractivity contribution in [3.05, 3.63) is 84.9 Å². The minimum atomic E-state index is -0.0380. The molecule has 196 valence electrons. The van der Waals surface area contributed by atoms with Crippen LogP contribution in [0.25, 0.3) is 43.9 Å². The molecule has 0 aliphatic rings. The van der Waals surface area contributed by atoms with E-state index in [1.807, 2.05) is 84.9 Å². The van der Waals surface area contributed by atoms with E-state index < -0.39 is 0 Å². The molecule has 0 unspecified atom stereocenters. The third-order valence-corrected chi connectivity index (χ3v) is 8.46. The highest BCUT2D eigenvalue weighted by atomic mass is 32.2. The molecule has 0 saturated heterocycles. The van der Waals surface area contributed by atoms with Crippen LogP contribution in [0.3, 0.4) is 0 Å². The molecule has 6 nitrogen and oxygen atoms in total. The first kappa shape index (κ1) is 25.4. The largest absolute Gasteiger partial charge is 0.456 e. The fraction of sp³-hybridized carbons (Fsp3) is 0.161. The number of fused-ring (bicyclic) bond motifs is 6. The quantitative estimate of drug-likeness (QED) is 0.167. The van der Waals surface area contributed by atoms with Gasteiger partial charge in [-0.3, -0.25) is 9.59 Å². The predicted molar refractivity (Wildman–Crippen MR) is 164 cm³/mol. The lowest BCUT2D eigenvalue weighted by atomic mass is 10.1. The molecule has 0 fully saturated rings. The smallest absolute Gasteiger partial charge is 0.234 e. The fourth-order valence-electron chi connectivity index (χ4n) is 4.59. The van der Waals surface area contributed by atoms with Crippen LogP contribution in [0.5, 0.6) is 0 Å². The van der Waals surface area contributed by atoms with Crippen LogP contribution in [0.15, 0.2) is 93.8 Å². The molecule has 2 amide bonds. The molecule has 6 aromatic rings. The van der Waals surface area contributed by atoms with Gasteiger partial charge < -0.3 is 19.5 Å². The SMILES string of the molecule is O=C(CSCCCSCC(=O)Nc1ccc2c(c1)oc1ccccc12)Nc1ccc2c(c1)oc1ccccc12. The van der Waals surface area contributed by atoms with Crippen LogP contribution < -0.4 is 10.6 Å². The zero-order valence-electron chi connectivity index (χ0n) is 21.1. The van der Waals surface area contributed by atoms with Crippen LogP contribution in [-0.4, -0.2) is 34.8 Å². The average molecular weight is 555 g/mol. The van der Waals surface area contributed by atoms with Gasteiger partial charge in [-0.2, -0.15) is 23.5 Å². The van der Waals surface area contributed by atoms with E-state index in [1.165, 1.54) is 0 Å². The Morgan fingerprint density at radius 3 is 1.49 bits per heavy atom. The van der Waals surface area contributed by atoms with Gasteiger partial charge in [0.1, 0.15) is 22.3 Å². The van der Waals surface area contributed by atoms with Crippen LogP contribution in [0.2, 0.25) is 0 Å². The molecule has 2 N–H and O–H groups in total. The number of hydrogen-bond donors (Lipinski definition) is 2. The van der Waals surface area contributed by atoms with Crippen molar-refractivity contribution in [2.45, 2.75) is 6.42 Å². The number of anilines is 2. The Kier molecular flexibility index (Phi) is 7.47. The van der Waals surface area contributed by atoms with Crippen LogP contribution in [0.4, 0.5) is 11.4 Å². The maximum absolute atomic E-state index is 12.4. The highest BCUT2D eigenvalue weighted by molar-refractivity contribution is 8.00. The zero-order valence-corrected chi connectivity index (χ0v) is 22.7. The van der Waals surface area contributed by atoms with Crippen molar-refractivity contribution in [2.24, 2.45) is 0 Å². The second-order valence-electron chi connectivity index (χ2n) is 9.17. The predicted octanol–water partition coefficient (Wildman–Crippen LogP) is 7.92. The molecule has 6 rings (SSSR count). The molecule has 0 saturated carbocycles. The standard InChI is InChI=1S/C31H26N2O4S2/c34-30(32-20-10-12-24-22-6-1-3-8-26(22)36-28(24)16-20)18-38-14-5-15-39-19-31(35)33-21-11-13-25-23-7-2-4-9-27(23)37-29(25)17-21/h1-4,6-13,16-17H,5,14-15,18-19H2,(H,32,34)(H,33,35). The second kappa shape index (κ2) is 11.5. The van der Waals surface area contributed by atoms with Gasteiger partial charge in [-0.05, 0) is 54.3 Å². The van der Waals surface area contributed by atoms with Gasteiger partial charge >= 0.3 is 0 Å². The van der Waals surface area contributed by atoms with E-state index in [4.69, 9.17) is 8.83 Å². The second-order valence-corrected chi connectivity index (χ2v) is 11.4. The number of rotatable bonds is 10. The van der Waals surface area contributed by atoms with Crippen LogP contribution in [0.1, 0.15) is 6.42 Å². The average Bonchev–Trinajstić information content (AvgIpc) is 3.49. The maximum Gasteiger partial charge on any atom is 0.234 e. The molecule has 2 heterocycles. The van der Waals surface area contributed by atoms with Gasteiger partial charge in [-0.25, -0.2) is 0 Å². The molecule has 2 aromatic heterocycles. The topological polar surface area (TPSA) is 84.5 Å². The lowest BCUT2D eigenvalue weighted by molar-refractivity contribution is -0.114. The minimum absolute atomic E-state index is 0.0380. The monoisotopic (exact) mass is 554 g/mol. The Hall–Kier alpha value is -3.88. The van der Waals surface area contributed by atoms with Crippen molar-refractivity contribution in [1.82, 2.24) is 0 Å². The number of thioether (sulfide) groups is 2. The van der Waals surface area contributed by atoms with Crippen molar-refractivity contribution < 1.29 is 18.4 Å². The van der Waals surface area contributed by atoms with E-state index in [0.29, 0.717) is 11.5 Å². The van der Waals surface area contributed by atoms with Crippen LogP contribution in [-0.2, 0) is 9.59 Å². The fourth-order valence-corrected chi connectivity index (χ4v) is 6.28. The number of carbonyl (C=O) groups is 2. The molecule has 0 aliphatic carbocycles. The first-order valence-electron chi connectivity index (χ1n) is 12.7. The van der Waals surface area contributed by atoms with Crippen molar-refractivity contribution in [2.75, 3.05) is 33.6 Å². The summed E-state index contributed by atoms with van der Waals surface area (Å²) >= 11 is 3.18. The minimum Gasteiger partial charge on any atom is -0.456 e. The number of nitrogens with one attached hydrogen (secondary N) is 2. The van der Waals surface area contributed by atoms with Gasteiger partial charge in [0.05, 0.1) is 11.5 Å². The lowest BCUT2D eigenvalue weighted by Crippen LogP contribution is -2.15. The number of carbonyl (C=O) groups excluding carboxylic acids is 2. The molecule has 0 atom stereocenters. The Morgan fingerprint density at radius 2 is 1.00 bits per heavy atom. The molecule has 0 bridgehead atoms. The zero-order chi connectivity index (χ0) is 26.6. The van der Waals surface area contributed by atoms with E-state index >= 15 is 0 Å². The summed E-state index contributed by atoms with van der Waals surface area (Å²) in [6, 6.07) is 27.3. The number of para-hydroxylation sites is 2. The number of furan rings is 2. The van der Waals surface area contributed by atoms with Gasteiger partial charge in [0.2, 0.25) is 11.8 Å². The molecular formula is C31H26N2O4S2. The van der Waals surface area contributed by atoms with Crippen LogP contribution >= 0.6 is 23.5 Å². The highest BCUT2D eigenvalue weighted by Gasteiger charge is 2.10. The summed E-state index contributed by atoms with van der Waals surface area (Å²) in [7, 11) is 0. The third-order valence-electron chi connectivity index (χ3n) is 6.37. The van der Waals surface area contributed by atoms with Crippen molar-refractivity contribution >= 4 is 90.6 Å². The van der Waals surface area contributed by atoms with E-state index in [-0.39, 0.29) is 11.8 Å². The van der Waals surface area contributed by atoms with Crippen molar-refractivity contribution in [3.63, 3.8) is 0 Å². The highest BCUT2D eigenvalue weighted by Crippen LogP contribution is 2.31. The normalized spacial score (nSPS) is 11.5. The van der Waals surface area contributed by atoms with Gasteiger partial charge in [0.15, 0.2) is 0 Å². The van der Waals surface area contributed by atoms with E-state index in [9.17, 15) is 9.59 Å². The first-order valence-corrected chi connectivity index (χ1v) is 15.0. The summed E-state index contributed by atoms with van der Waals surface area (Å²) in [5.41, 5.74) is 4.66. The van der Waals surface area contributed by atoms with Gasteiger partial charge in [0.25, 0.3) is 0 Å². The van der Waals surface area contributed by atoms with E-state index in [0.717, 1.165) is 73.2 Å². The molecule has 0 radical (unpaired) electrons. The summed E-state index contributed by atoms with van der Waals surface area (Å²) in [6.07, 6.45) is 0.922. The van der Waals surface area contributed by atoms with Gasteiger partial charge in [-0.1, -0.05) is 36.4 Å². The third kappa shape index (κ3) is 5.77. The molecule has 0 aliphatic heterocycles. The van der Waals surface area contributed by atoms with Crippen molar-refractivity contribution in [3.8, 4) is 0 Å². The van der Waals surface area contributed by atoms with E-state index in [1.54, 1.807) is 23.5 Å². The number of benzene rings is 4. The number of hydrogen-bond acceptors (Lipinski definition) is 6. The van der Waals surface area contributed by atoms with Crippen LogP contribution in [0, 0.1) is 0 Å². The Balaban J connectivity index is 0.890. The summed E-state index contributed by atoms with van der Waals surface area (Å²) in [5.74, 6) is 2.40. The first-order chi connectivity index (χ1) is 19.1. The molecule has 4 aromatic carbocycles. The van der Waals surface area contributed by atoms with Crippen molar-refractivity contribution in [1.29, 1.82) is 0 Å². The molecular weight excluding hydrogens is 528 g/mol. The van der Waals surface area contributed by atoms with Gasteiger partial charge in [-0.15, -0.1) is 0 Å². The Bertz CT molecular complexity index is 1680. The summed E-state index contributed by atoms with van der Waals surface area (Å²) in [6.45, 7) is 0. The Labute approximate surface area is 233 Å². The van der Waals surface area contributed by atoms with E-state index in [2.05, 4.69) is 10.6 Å².